The van der Waals surface area contributed by atoms with E-state index < -0.39 is 0 Å². The molecule has 0 spiro atoms. The second-order valence-electron chi connectivity index (χ2n) is 3.41. The van der Waals surface area contributed by atoms with Gasteiger partial charge in [0.05, 0.1) is 13.3 Å². The fourth-order valence-corrected chi connectivity index (χ4v) is 1.75. The number of halogens is 1. The van der Waals surface area contributed by atoms with Gasteiger partial charge in [0.2, 0.25) is 0 Å². The molecular formula is C12H14BrN3O2S. The first-order chi connectivity index (χ1) is 9.08. The Kier molecular flexibility index (Phi) is 6.31. The molecule has 0 fully saturated rings. The predicted octanol–water partition coefficient (Wildman–Crippen LogP) is 2.15. The molecule has 0 heterocycles. The summed E-state index contributed by atoms with van der Waals surface area (Å²) in [4.78, 5) is 0. The highest BCUT2D eigenvalue weighted by atomic mass is 79.9. The molecule has 7 heteroatoms. The van der Waals surface area contributed by atoms with Crippen LogP contribution in [0.15, 0.2) is 34.4 Å². The fraction of sp³-hybridized carbons (Fsp3) is 0.167. The number of hydrogen-bond donors (Lipinski definition) is 3. The molecule has 19 heavy (non-hydrogen) atoms. The summed E-state index contributed by atoms with van der Waals surface area (Å²) in [7, 11) is 1.49. The zero-order chi connectivity index (χ0) is 14.3. The monoisotopic (exact) mass is 343 g/mol. The Balaban J connectivity index is 2.69. The number of phenolic OH excluding ortho intramolecular Hbond substituents is 1. The van der Waals surface area contributed by atoms with Gasteiger partial charge in [-0.3, -0.25) is 5.43 Å². The summed E-state index contributed by atoms with van der Waals surface area (Å²) in [6.07, 6.45) is 3.22. The Bertz CT molecular complexity index is 506. The van der Waals surface area contributed by atoms with Gasteiger partial charge in [0.1, 0.15) is 0 Å². The highest BCUT2D eigenvalue weighted by molar-refractivity contribution is 9.10. The molecule has 0 saturated heterocycles. The molecule has 0 aliphatic carbocycles. The molecule has 0 aliphatic heterocycles. The predicted molar refractivity (Wildman–Crippen MR) is 83.9 cm³/mol. The minimum Gasteiger partial charge on any atom is -0.504 e. The Morgan fingerprint density at radius 2 is 2.37 bits per heavy atom. The van der Waals surface area contributed by atoms with Crippen LogP contribution in [0, 0.1) is 0 Å². The molecule has 102 valence electrons. The van der Waals surface area contributed by atoms with Crippen molar-refractivity contribution in [3.8, 4) is 11.5 Å². The van der Waals surface area contributed by atoms with Crippen LogP contribution in [0.25, 0.3) is 0 Å². The molecule has 1 aromatic rings. The number of hydrogen-bond acceptors (Lipinski definition) is 4. The van der Waals surface area contributed by atoms with Gasteiger partial charge in [0.25, 0.3) is 0 Å². The smallest absolute Gasteiger partial charge is 0.187 e. The lowest BCUT2D eigenvalue weighted by Gasteiger charge is -2.06. The van der Waals surface area contributed by atoms with Crippen LogP contribution in [0.1, 0.15) is 5.56 Å². The van der Waals surface area contributed by atoms with Gasteiger partial charge in [-0.2, -0.15) is 5.10 Å². The number of ether oxygens (including phenoxy) is 1. The van der Waals surface area contributed by atoms with E-state index >= 15 is 0 Å². The van der Waals surface area contributed by atoms with Gasteiger partial charge >= 0.3 is 0 Å². The zero-order valence-electron chi connectivity index (χ0n) is 10.3. The minimum absolute atomic E-state index is 0.0412. The molecular weight excluding hydrogens is 330 g/mol. The lowest BCUT2D eigenvalue weighted by Crippen LogP contribution is -2.31. The van der Waals surface area contributed by atoms with Crippen LogP contribution in [-0.2, 0) is 0 Å². The van der Waals surface area contributed by atoms with Crippen molar-refractivity contribution in [2.45, 2.75) is 0 Å². The third-order valence-corrected chi connectivity index (χ3v) is 3.00. The van der Waals surface area contributed by atoms with E-state index in [9.17, 15) is 5.11 Å². The van der Waals surface area contributed by atoms with E-state index in [1.165, 1.54) is 19.4 Å². The van der Waals surface area contributed by atoms with Crippen LogP contribution in [-0.4, -0.2) is 30.1 Å². The van der Waals surface area contributed by atoms with Crippen LogP contribution in [0.3, 0.4) is 0 Å². The Labute approximate surface area is 125 Å². The largest absolute Gasteiger partial charge is 0.504 e. The Morgan fingerprint density at radius 1 is 1.63 bits per heavy atom. The van der Waals surface area contributed by atoms with Gasteiger partial charge in [0.15, 0.2) is 16.6 Å². The number of aromatic hydroxyl groups is 1. The molecule has 1 aromatic carbocycles. The average Bonchev–Trinajstić information content (AvgIpc) is 2.39. The maximum atomic E-state index is 9.66. The molecule has 0 bridgehead atoms. The topological polar surface area (TPSA) is 65.9 Å². The van der Waals surface area contributed by atoms with Crippen LogP contribution in [0.5, 0.6) is 11.5 Å². The quantitative estimate of drug-likeness (QED) is 0.331. The molecule has 0 aliphatic rings. The first-order valence-corrected chi connectivity index (χ1v) is 6.53. The number of nitrogens with zero attached hydrogens (tertiary/aromatic N) is 1. The molecule has 1 rings (SSSR count). The van der Waals surface area contributed by atoms with Gasteiger partial charge < -0.3 is 15.2 Å². The van der Waals surface area contributed by atoms with E-state index in [0.29, 0.717) is 23.0 Å². The number of hydrazone groups is 1. The summed E-state index contributed by atoms with van der Waals surface area (Å²) in [6, 6.07) is 3.19. The molecule has 0 atom stereocenters. The molecule has 0 amide bonds. The number of phenols is 1. The minimum atomic E-state index is 0.0412. The summed E-state index contributed by atoms with van der Waals surface area (Å²) in [6.45, 7) is 4.13. The van der Waals surface area contributed by atoms with Crippen LogP contribution in [0.4, 0.5) is 0 Å². The number of methoxy groups -OCH3 is 1. The Morgan fingerprint density at radius 3 is 3.00 bits per heavy atom. The van der Waals surface area contributed by atoms with Crippen molar-refractivity contribution < 1.29 is 9.84 Å². The third-order valence-electron chi connectivity index (χ3n) is 2.07. The standard InChI is InChI=1S/C12H14BrN3O2S/c1-3-4-14-12(19)16-15-7-8-5-10(17)11(18-2)6-9(8)13/h3,5-7,17H,1,4H2,2H3,(H2,14,16,19)/b15-7-. The molecule has 0 unspecified atom stereocenters. The average molecular weight is 344 g/mol. The highest BCUT2D eigenvalue weighted by Gasteiger charge is 2.06. The normalized spacial score (nSPS) is 10.2. The van der Waals surface area contributed by atoms with Gasteiger partial charge in [-0.05, 0) is 40.3 Å². The summed E-state index contributed by atoms with van der Waals surface area (Å²) in [5.74, 6) is 0.430. The zero-order valence-corrected chi connectivity index (χ0v) is 12.7. The van der Waals surface area contributed by atoms with Gasteiger partial charge in [-0.25, -0.2) is 0 Å². The SMILES string of the molecule is C=CCNC(=S)N/N=C\c1cc(O)c(OC)cc1Br. The first-order valence-electron chi connectivity index (χ1n) is 5.32. The molecule has 0 radical (unpaired) electrons. The third kappa shape index (κ3) is 4.88. The van der Waals surface area contributed by atoms with Crippen molar-refractivity contribution in [1.29, 1.82) is 0 Å². The van der Waals surface area contributed by atoms with Gasteiger partial charge in [0, 0.05) is 16.6 Å². The second-order valence-corrected chi connectivity index (χ2v) is 4.68. The highest BCUT2D eigenvalue weighted by Crippen LogP contribution is 2.31. The number of benzene rings is 1. The lowest BCUT2D eigenvalue weighted by atomic mass is 10.2. The van der Waals surface area contributed by atoms with Crippen LogP contribution < -0.4 is 15.5 Å². The maximum absolute atomic E-state index is 9.66. The first kappa shape index (κ1) is 15.5. The van der Waals surface area contributed by atoms with Crippen molar-refractivity contribution in [2.75, 3.05) is 13.7 Å². The van der Waals surface area contributed by atoms with E-state index in [0.717, 1.165) is 4.47 Å². The van der Waals surface area contributed by atoms with Crippen molar-refractivity contribution >= 4 is 39.5 Å². The summed E-state index contributed by atoms with van der Waals surface area (Å²) in [5.41, 5.74) is 3.34. The van der Waals surface area contributed by atoms with E-state index in [1.54, 1.807) is 12.1 Å². The van der Waals surface area contributed by atoms with Crippen molar-refractivity contribution in [1.82, 2.24) is 10.7 Å². The maximum Gasteiger partial charge on any atom is 0.187 e. The summed E-state index contributed by atoms with van der Waals surface area (Å²) < 4.78 is 5.74. The van der Waals surface area contributed by atoms with E-state index in [4.69, 9.17) is 17.0 Å². The van der Waals surface area contributed by atoms with Crippen molar-refractivity contribution in [2.24, 2.45) is 5.10 Å². The van der Waals surface area contributed by atoms with E-state index in [2.05, 4.69) is 38.4 Å². The number of nitrogens with one attached hydrogen (secondary N) is 2. The fourth-order valence-electron chi connectivity index (χ4n) is 1.19. The summed E-state index contributed by atoms with van der Waals surface area (Å²) in [5, 5.41) is 16.9. The van der Waals surface area contributed by atoms with Crippen LogP contribution >= 0.6 is 28.1 Å². The van der Waals surface area contributed by atoms with E-state index in [-0.39, 0.29) is 5.75 Å². The molecule has 0 aromatic heterocycles. The van der Waals surface area contributed by atoms with Crippen molar-refractivity contribution in [3.05, 3.63) is 34.8 Å². The molecule has 5 nitrogen and oxygen atoms in total. The lowest BCUT2D eigenvalue weighted by molar-refractivity contribution is 0.373. The Hall–Kier alpha value is -1.60. The van der Waals surface area contributed by atoms with Gasteiger partial charge in [-0.1, -0.05) is 6.08 Å². The van der Waals surface area contributed by atoms with Gasteiger partial charge in [-0.15, -0.1) is 6.58 Å². The number of thiocarbonyl (C=S) groups is 1. The molecule has 3 N–H and O–H groups in total. The van der Waals surface area contributed by atoms with Crippen LogP contribution in [0.2, 0.25) is 0 Å². The van der Waals surface area contributed by atoms with E-state index in [1.807, 2.05) is 0 Å². The summed E-state index contributed by atoms with van der Waals surface area (Å²) >= 11 is 8.33. The second kappa shape index (κ2) is 7.75. The van der Waals surface area contributed by atoms with Crippen molar-refractivity contribution in [3.63, 3.8) is 0 Å². The number of rotatable bonds is 5. The molecule has 0 saturated carbocycles.